The number of rotatable bonds is 5. The van der Waals surface area contributed by atoms with Crippen LogP contribution in [-0.4, -0.2) is 22.7 Å². The molecule has 1 atom stereocenters. The average Bonchev–Trinajstić information content (AvgIpc) is 3.17. The van der Waals surface area contributed by atoms with Crippen LogP contribution in [0.2, 0.25) is 0 Å². The molecule has 0 bridgehead atoms. The molecule has 0 amide bonds. The van der Waals surface area contributed by atoms with E-state index in [-0.39, 0.29) is 6.10 Å². The van der Waals surface area contributed by atoms with E-state index >= 15 is 0 Å². The molecular formula is C16H20N2OS. The highest BCUT2D eigenvalue weighted by molar-refractivity contribution is 7.14. The van der Waals surface area contributed by atoms with Crippen molar-refractivity contribution in [3.8, 4) is 11.3 Å². The van der Waals surface area contributed by atoms with E-state index in [9.17, 15) is 5.11 Å². The molecule has 2 aromatic rings. The number of nitrogens with one attached hydrogen (secondary N) is 1. The summed E-state index contributed by atoms with van der Waals surface area (Å²) in [6.45, 7) is 0.604. The fourth-order valence-electron chi connectivity index (χ4n) is 2.80. The third-order valence-corrected chi connectivity index (χ3v) is 4.78. The van der Waals surface area contributed by atoms with E-state index in [2.05, 4.69) is 27.8 Å². The minimum Gasteiger partial charge on any atom is -0.391 e. The Morgan fingerprint density at radius 3 is 2.75 bits per heavy atom. The Kier molecular flexibility index (Phi) is 4.33. The third kappa shape index (κ3) is 3.19. The van der Waals surface area contributed by atoms with Crippen molar-refractivity contribution in [3.63, 3.8) is 0 Å². The van der Waals surface area contributed by atoms with Gasteiger partial charge in [-0.1, -0.05) is 43.2 Å². The molecule has 0 radical (unpaired) electrons. The van der Waals surface area contributed by atoms with Crippen molar-refractivity contribution in [1.82, 2.24) is 4.98 Å². The van der Waals surface area contributed by atoms with Crippen LogP contribution in [0, 0.1) is 5.92 Å². The Hall–Kier alpha value is -1.39. The Bertz CT molecular complexity index is 534. The number of aliphatic hydroxyl groups excluding tert-OH is 1. The molecule has 1 fully saturated rings. The topological polar surface area (TPSA) is 45.1 Å². The first-order valence-electron chi connectivity index (χ1n) is 7.26. The van der Waals surface area contributed by atoms with Crippen LogP contribution in [0.4, 0.5) is 5.13 Å². The van der Waals surface area contributed by atoms with Gasteiger partial charge in [-0.15, -0.1) is 11.3 Å². The summed E-state index contributed by atoms with van der Waals surface area (Å²) < 4.78 is 0. The van der Waals surface area contributed by atoms with Gasteiger partial charge in [0.05, 0.1) is 11.8 Å². The lowest BCUT2D eigenvalue weighted by Gasteiger charge is -2.17. The lowest BCUT2D eigenvalue weighted by Crippen LogP contribution is -2.26. The SMILES string of the molecule is OC(CNc1nc(-c2ccccc2)cs1)C1CCCC1. The summed E-state index contributed by atoms with van der Waals surface area (Å²) in [6.07, 6.45) is 4.60. The van der Waals surface area contributed by atoms with Gasteiger partial charge >= 0.3 is 0 Å². The van der Waals surface area contributed by atoms with Crippen LogP contribution in [0.3, 0.4) is 0 Å². The van der Waals surface area contributed by atoms with E-state index in [1.165, 1.54) is 12.8 Å². The number of aliphatic hydroxyl groups is 1. The summed E-state index contributed by atoms with van der Waals surface area (Å²) in [7, 11) is 0. The number of anilines is 1. The zero-order valence-electron chi connectivity index (χ0n) is 11.5. The fraction of sp³-hybridized carbons (Fsp3) is 0.438. The van der Waals surface area contributed by atoms with Gasteiger partial charge in [0.2, 0.25) is 0 Å². The van der Waals surface area contributed by atoms with Crippen LogP contribution in [0.15, 0.2) is 35.7 Å². The van der Waals surface area contributed by atoms with Crippen molar-refractivity contribution in [3.05, 3.63) is 35.7 Å². The van der Waals surface area contributed by atoms with Gasteiger partial charge in [0.15, 0.2) is 5.13 Å². The molecule has 0 aliphatic heterocycles. The van der Waals surface area contributed by atoms with Crippen LogP contribution >= 0.6 is 11.3 Å². The Labute approximate surface area is 123 Å². The van der Waals surface area contributed by atoms with Gasteiger partial charge in [-0.3, -0.25) is 0 Å². The standard InChI is InChI=1S/C16H20N2OS/c19-15(13-8-4-5-9-13)10-17-16-18-14(11-20-16)12-6-2-1-3-7-12/h1-3,6-7,11,13,15,19H,4-5,8-10H2,(H,17,18). The highest BCUT2D eigenvalue weighted by atomic mass is 32.1. The zero-order chi connectivity index (χ0) is 13.8. The second kappa shape index (κ2) is 6.37. The van der Waals surface area contributed by atoms with Gasteiger partial charge in [-0.25, -0.2) is 4.98 Å². The molecule has 1 heterocycles. The van der Waals surface area contributed by atoms with Crippen LogP contribution in [0.25, 0.3) is 11.3 Å². The maximum atomic E-state index is 10.1. The van der Waals surface area contributed by atoms with Gasteiger partial charge in [0.25, 0.3) is 0 Å². The molecule has 1 aromatic heterocycles. The summed E-state index contributed by atoms with van der Waals surface area (Å²) in [5, 5.41) is 16.4. The summed E-state index contributed by atoms with van der Waals surface area (Å²) in [5.74, 6) is 0.469. The second-order valence-corrected chi connectivity index (χ2v) is 6.25. The Morgan fingerprint density at radius 1 is 1.25 bits per heavy atom. The third-order valence-electron chi connectivity index (χ3n) is 3.98. The molecule has 1 unspecified atom stereocenters. The summed E-state index contributed by atoms with van der Waals surface area (Å²) in [5.41, 5.74) is 2.13. The van der Waals surface area contributed by atoms with Crippen molar-refractivity contribution < 1.29 is 5.11 Å². The molecule has 1 aromatic carbocycles. The number of thiazole rings is 1. The molecule has 0 spiro atoms. The predicted octanol–water partition coefficient (Wildman–Crippen LogP) is 3.77. The van der Waals surface area contributed by atoms with Crippen LogP contribution in [0.5, 0.6) is 0 Å². The normalized spacial score (nSPS) is 17.2. The lowest BCUT2D eigenvalue weighted by atomic mass is 10.0. The van der Waals surface area contributed by atoms with Gasteiger partial charge in [0.1, 0.15) is 0 Å². The first kappa shape index (κ1) is 13.6. The maximum Gasteiger partial charge on any atom is 0.183 e. The van der Waals surface area contributed by atoms with E-state index in [4.69, 9.17) is 0 Å². The predicted molar refractivity (Wildman–Crippen MR) is 84.0 cm³/mol. The molecule has 20 heavy (non-hydrogen) atoms. The molecule has 3 nitrogen and oxygen atoms in total. The minimum atomic E-state index is -0.249. The van der Waals surface area contributed by atoms with Gasteiger partial charge in [-0.05, 0) is 18.8 Å². The molecule has 0 saturated heterocycles. The van der Waals surface area contributed by atoms with Gasteiger partial charge in [-0.2, -0.15) is 0 Å². The molecule has 2 N–H and O–H groups in total. The minimum absolute atomic E-state index is 0.249. The van der Waals surface area contributed by atoms with E-state index < -0.39 is 0 Å². The quantitative estimate of drug-likeness (QED) is 0.880. The Morgan fingerprint density at radius 2 is 2.00 bits per heavy atom. The molecule has 3 rings (SSSR count). The summed E-state index contributed by atoms with van der Waals surface area (Å²) >= 11 is 1.60. The number of hydrogen-bond donors (Lipinski definition) is 2. The first-order valence-corrected chi connectivity index (χ1v) is 8.14. The molecular weight excluding hydrogens is 268 g/mol. The number of benzene rings is 1. The highest BCUT2D eigenvalue weighted by Crippen LogP contribution is 2.28. The van der Waals surface area contributed by atoms with Gasteiger partial charge < -0.3 is 10.4 Å². The zero-order valence-corrected chi connectivity index (χ0v) is 12.3. The monoisotopic (exact) mass is 288 g/mol. The average molecular weight is 288 g/mol. The highest BCUT2D eigenvalue weighted by Gasteiger charge is 2.22. The number of nitrogens with zero attached hydrogens (tertiary/aromatic N) is 1. The van der Waals surface area contributed by atoms with Crippen LogP contribution < -0.4 is 5.32 Å². The van der Waals surface area contributed by atoms with Crippen molar-refractivity contribution in [2.45, 2.75) is 31.8 Å². The van der Waals surface area contributed by atoms with E-state index in [1.807, 2.05) is 18.2 Å². The van der Waals surface area contributed by atoms with Gasteiger partial charge in [0, 0.05) is 17.5 Å². The van der Waals surface area contributed by atoms with E-state index in [1.54, 1.807) is 11.3 Å². The first-order chi connectivity index (χ1) is 9.83. The Balaban J connectivity index is 1.57. The van der Waals surface area contributed by atoms with Crippen molar-refractivity contribution in [2.75, 3.05) is 11.9 Å². The number of aromatic nitrogens is 1. The smallest absolute Gasteiger partial charge is 0.183 e. The largest absolute Gasteiger partial charge is 0.391 e. The lowest BCUT2D eigenvalue weighted by molar-refractivity contribution is 0.123. The van der Waals surface area contributed by atoms with Crippen molar-refractivity contribution in [1.29, 1.82) is 0 Å². The molecule has 106 valence electrons. The maximum absolute atomic E-state index is 10.1. The van der Waals surface area contributed by atoms with E-state index in [0.717, 1.165) is 29.2 Å². The summed E-state index contributed by atoms with van der Waals surface area (Å²) in [4.78, 5) is 4.58. The second-order valence-electron chi connectivity index (χ2n) is 5.40. The molecule has 4 heteroatoms. The molecule has 1 aliphatic carbocycles. The fourth-order valence-corrected chi connectivity index (χ4v) is 3.53. The molecule has 1 saturated carbocycles. The van der Waals surface area contributed by atoms with Crippen molar-refractivity contribution in [2.24, 2.45) is 5.92 Å². The number of hydrogen-bond acceptors (Lipinski definition) is 4. The molecule has 1 aliphatic rings. The van der Waals surface area contributed by atoms with Crippen molar-refractivity contribution >= 4 is 16.5 Å². The van der Waals surface area contributed by atoms with E-state index in [0.29, 0.717) is 12.5 Å². The summed E-state index contributed by atoms with van der Waals surface area (Å²) in [6, 6.07) is 10.2. The van der Waals surface area contributed by atoms with Crippen LogP contribution in [0.1, 0.15) is 25.7 Å². The van der Waals surface area contributed by atoms with Crippen LogP contribution in [-0.2, 0) is 0 Å².